The first-order valence-corrected chi connectivity index (χ1v) is 10.3. The van der Waals surface area contributed by atoms with E-state index in [-0.39, 0.29) is 11.6 Å². The average molecular weight is 382 g/mol. The highest BCUT2D eigenvalue weighted by Gasteiger charge is 2.28. The lowest BCUT2D eigenvalue weighted by atomic mass is 9.71. The van der Waals surface area contributed by atoms with E-state index >= 15 is 0 Å². The molecule has 26 heavy (non-hydrogen) atoms. The minimum Gasteiger partial charge on any atom is -0.473 e. The number of hydrogen-bond acceptors (Lipinski definition) is 3. The second-order valence-corrected chi connectivity index (χ2v) is 7.92. The highest BCUT2D eigenvalue weighted by Crippen LogP contribution is 2.40. The number of hydrogen-bond donors (Lipinski definition) is 0. The molecule has 5 heteroatoms. The van der Waals surface area contributed by atoms with Gasteiger partial charge in [-0.15, -0.1) is 0 Å². The molecule has 0 N–H and O–H groups in total. The Morgan fingerprint density at radius 2 is 1.96 bits per heavy atom. The molecule has 0 amide bonds. The molecule has 3 rings (SSSR count). The van der Waals surface area contributed by atoms with Gasteiger partial charge in [0.25, 0.3) is 5.95 Å². The molecule has 0 bridgehead atoms. The highest BCUT2D eigenvalue weighted by molar-refractivity contribution is 6.09. The summed E-state index contributed by atoms with van der Waals surface area (Å²) in [5, 5.41) is 0. The lowest BCUT2D eigenvalue weighted by Gasteiger charge is -2.35. The van der Waals surface area contributed by atoms with E-state index in [1.165, 1.54) is 56.6 Å². The number of pyridine rings is 1. The lowest BCUT2D eigenvalue weighted by molar-refractivity contribution is 0.184. The first kappa shape index (κ1) is 19.5. The van der Waals surface area contributed by atoms with E-state index in [9.17, 15) is 4.39 Å². The van der Waals surface area contributed by atoms with Gasteiger partial charge in [-0.25, -0.2) is 0 Å². The van der Waals surface area contributed by atoms with Gasteiger partial charge in [0.2, 0.25) is 11.6 Å². The van der Waals surface area contributed by atoms with Gasteiger partial charge in [0, 0.05) is 6.07 Å². The van der Waals surface area contributed by atoms with Crippen LogP contribution in [0.2, 0.25) is 0 Å². The maximum absolute atomic E-state index is 13.5. The van der Waals surface area contributed by atoms with Crippen LogP contribution in [0.5, 0.6) is 11.6 Å². The summed E-state index contributed by atoms with van der Waals surface area (Å²) >= 11 is 5.15. The third kappa shape index (κ3) is 5.12. The largest absolute Gasteiger partial charge is 0.473 e. The van der Waals surface area contributed by atoms with E-state index in [0.29, 0.717) is 6.61 Å². The van der Waals surface area contributed by atoms with Crippen molar-refractivity contribution in [1.29, 1.82) is 0 Å². The fourth-order valence-corrected chi connectivity index (χ4v) is 4.65. The van der Waals surface area contributed by atoms with Crippen molar-refractivity contribution < 1.29 is 13.4 Å². The van der Waals surface area contributed by atoms with Crippen LogP contribution in [-0.2, 0) is 0 Å². The molecule has 1 fully saturated rings. The molecular weight excluding hydrogens is 353 g/mol. The van der Waals surface area contributed by atoms with Crippen molar-refractivity contribution in [3.63, 3.8) is 0 Å². The summed E-state index contributed by atoms with van der Waals surface area (Å²) in [4.78, 5) is 3.71. The SMILES string of the molecule is CCCC1CCC(C2CC=C(COc3ccc(OCl)c(F)n3)CC2)CC1. The minimum atomic E-state index is -0.756. The topological polar surface area (TPSA) is 31.4 Å². The molecule has 2 aliphatic rings. The molecule has 1 aromatic rings. The van der Waals surface area contributed by atoms with Crippen molar-refractivity contribution in [1.82, 2.24) is 4.98 Å². The summed E-state index contributed by atoms with van der Waals surface area (Å²) in [7, 11) is 0. The van der Waals surface area contributed by atoms with Crippen LogP contribution in [0.25, 0.3) is 0 Å². The fraction of sp³-hybridized carbons (Fsp3) is 0.667. The van der Waals surface area contributed by atoms with Crippen molar-refractivity contribution in [2.24, 2.45) is 17.8 Å². The Kier molecular flexibility index (Phi) is 7.18. The summed E-state index contributed by atoms with van der Waals surface area (Å²) in [6.07, 6.45) is 14.2. The second kappa shape index (κ2) is 9.59. The Bertz CT molecular complexity index is 614. The number of halogens is 2. The molecule has 1 atom stereocenters. The Balaban J connectivity index is 1.44. The zero-order valence-corrected chi connectivity index (χ0v) is 16.3. The number of ether oxygens (including phenoxy) is 1. The summed E-state index contributed by atoms with van der Waals surface area (Å²) in [6, 6.07) is 2.99. The van der Waals surface area contributed by atoms with E-state index in [2.05, 4.69) is 22.3 Å². The second-order valence-electron chi connectivity index (χ2n) is 7.77. The van der Waals surface area contributed by atoms with Crippen LogP contribution in [0.3, 0.4) is 0 Å². The molecule has 2 aliphatic carbocycles. The average Bonchev–Trinajstić information content (AvgIpc) is 2.68. The monoisotopic (exact) mass is 381 g/mol. The molecule has 0 saturated heterocycles. The molecule has 0 spiro atoms. The molecule has 1 saturated carbocycles. The first-order chi connectivity index (χ1) is 12.7. The van der Waals surface area contributed by atoms with Crippen LogP contribution >= 0.6 is 11.9 Å². The van der Waals surface area contributed by atoms with Gasteiger partial charge >= 0.3 is 0 Å². The van der Waals surface area contributed by atoms with Crippen LogP contribution in [0.4, 0.5) is 4.39 Å². The Labute approximate surface area is 161 Å². The molecule has 1 aromatic heterocycles. The van der Waals surface area contributed by atoms with E-state index in [1.54, 1.807) is 6.07 Å². The van der Waals surface area contributed by atoms with Gasteiger partial charge < -0.3 is 9.03 Å². The highest BCUT2D eigenvalue weighted by atomic mass is 35.5. The normalized spacial score (nSPS) is 26.3. The van der Waals surface area contributed by atoms with Gasteiger partial charge in [-0.3, -0.25) is 0 Å². The van der Waals surface area contributed by atoms with Gasteiger partial charge in [0.05, 0.1) is 0 Å². The van der Waals surface area contributed by atoms with Crippen molar-refractivity contribution in [2.45, 2.75) is 64.7 Å². The Hall–Kier alpha value is -1.29. The summed E-state index contributed by atoms with van der Waals surface area (Å²) < 4.78 is 23.5. The third-order valence-electron chi connectivity index (χ3n) is 6.08. The van der Waals surface area contributed by atoms with Crippen LogP contribution < -0.4 is 9.03 Å². The fourth-order valence-electron chi connectivity index (χ4n) is 4.53. The lowest BCUT2D eigenvalue weighted by Crippen LogP contribution is -2.23. The smallest absolute Gasteiger partial charge is 0.260 e. The van der Waals surface area contributed by atoms with Gasteiger partial charge in [-0.1, -0.05) is 38.7 Å². The summed E-state index contributed by atoms with van der Waals surface area (Å²) in [5.74, 6) is 2.12. The van der Waals surface area contributed by atoms with Crippen molar-refractivity contribution >= 4 is 11.9 Å². The molecule has 3 nitrogen and oxygen atoms in total. The maximum atomic E-state index is 13.5. The summed E-state index contributed by atoms with van der Waals surface area (Å²) in [6.45, 7) is 2.77. The number of aromatic nitrogens is 1. The molecule has 144 valence electrons. The van der Waals surface area contributed by atoms with Gasteiger partial charge in [0.15, 0.2) is 0 Å². The van der Waals surface area contributed by atoms with E-state index in [1.807, 2.05) is 0 Å². The first-order valence-electron chi connectivity index (χ1n) is 9.95. The van der Waals surface area contributed by atoms with Crippen LogP contribution in [-0.4, -0.2) is 11.6 Å². The Morgan fingerprint density at radius 3 is 2.58 bits per heavy atom. The molecular formula is C21H29ClFNO2. The Morgan fingerprint density at radius 1 is 1.15 bits per heavy atom. The van der Waals surface area contributed by atoms with Crippen LogP contribution in [0.15, 0.2) is 23.8 Å². The van der Waals surface area contributed by atoms with E-state index in [4.69, 9.17) is 16.6 Å². The molecule has 1 heterocycles. The molecule has 0 aromatic carbocycles. The quantitative estimate of drug-likeness (QED) is 0.401. The minimum absolute atomic E-state index is 0.0904. The van der Waals surface area contributed by atoms with Crippen molar-refractivity contribution in [2.75, 3.05) is 6.61 Å². The standard InChI is InChI=1S/C21H29ClFNO2/c1-2-3-15-4-8-17(9-5-15)18-10-6-16(7-11-18)14-25-20-13-12-19(26-22)21(23)24-20/h6,12-13,15,17-18H,2-5,7-11,14H2,1H3. The summed E-state index contributed by atoms with van der Waals surface area (Å²) in [5.41, 5.74) is 1.29. The number of rotatable bonds is 7. The zero-order chi connectivity index (χ0) is 18.4. The molecule has 0 radical (unpaired) electrons. The van der Waals surface area contributed by atoms with Crippen LogP contribution in [0.1, 0.15) is 64.7 Å². The van der Waals surface area contributed by atoms with E-state index < -0.39 is 5.95 Å². The van der Waals surface area contributed by atoms with Gasteiger partial charge in [-0.2, -0.15) is 9.37 Å². The number of allylic oxidation sites excluding steroid dienone is 1. The van der Waals surface area contributed by atoms with Crippen molar-refractivity contribution in [3.8, 4) is 11.6 Å². The van der Waals surface area contributed by atoms with E-state index in [0.717, 1.165) is 30.6 Å². The number of nitrogens with zero attached hydrogens (tertiary/aromatic N) is 1. The van der Waals surface area contributed by atoms with Gasteiger partial charge in [-0.05, 0) is 61.5 Å². The zero-order valence-electron chi connectivity index (χ0n) is 15.6. The predicted molar refractivity (Wildman–Crippen MR) is 102 cm³/mol. The third-order valence-corrected chi connectivity index (χ3v) is 6.24. The molecule has 1 unspecified atom stereocenters. The van der Waals surface area contributed by atoms with Gasteiger partial charge in [0.1, 0.15) is 18.5 Å². The predicted octanol–water partition coefficient (Wildman–Crippen LogP) is 6.47. The van der Waals surface area contributed by atoms with Crippen LogP contribution in [0, 0.1) is 23.7 Å². The molecule has 0 aliphatic heterocycles. The van der Waals surface area contributed by atoms with Crippen molar-refractivity contribution in [3.05, 3.63) is 29.7 Å². The maximum Gasteiger partial charge on any atom is 0.260 e.